The van der Waals surface area contributed by atoms with Gasteiger partial charge in [0.25, 0.3) is 5.92 Å². The van der Waals surface area contributed by atoms with E-state index in [0.717, 1.165) is 18.4 Å². The lowest BCUT2D eigenvalue weighted by molar-refractivity contribution is -0.144. The van der Waals surface area contributed by atoms with Crippen LogP contribution in [0.25, 0.3) is 22.0 Å². The highest BCUT2D eigenvalue weighted by Gasteiger charge is 2.63. The van der Waals surface area contributed by atoms with Crippen molar-refractivity contribution in [3.8, 4) is 23.0 Å². The molecule has 12 nitrogen and oxygen atoms in total. The molecule has 5 aromatic rings. The topological polar surface area (TPSA) is 145 Å². The standard InChI is InChI=1S/C39H34ClF7N8O4S/c1-54-34-25(8-10-28(40)32(34)37(52-54)53-60(2,57)58)24-6-4-22(3-5-23-17-48-11-12-59-23)49-33(24)29(15-19-13-20(41)16-21(42)14-19)50-30(56)18-55-36-31(35(51-55)39(45,46)47)26-7-9-27(26)38(36,43)44/h4,6,8,10,13-14,16,23,26-27,29,48H,7,9,11-12,15,17-18H2,1-2H3,(H,50,56)(H,52,53)/t23?,26-,27+,29-/m0/s1. The Balaban J connectivity index is 1.27. The molecule has 316 valence electrons. The number of morpholine rings is 1. The number of nitrogens with one attached hydrogen (secondary N) is 3. The van der Waals surface area contributed by atoms with Crippen molar-refractivity contribution in [1.29, 1.82) is 0 Å². The van der Waals surface area contributed by atoms with Gasteiger partial charge in [-0.05, 0) is 67.0 Å². The van der Waals surface area contributed by atoms with E-state index >= 15 is 8.78 Å². The number of sulfonamides is 1. The fourth-order valence-electron chi connectivity index (χ4n) is 8.21. The van der Waals surface area contributed by atoms with Gasteiger partial charge < -0.3 is 15.4 Å². The Labute approximate surface area is 342 Å². The third-order valence-corrected chi connectivity index (χ3v) is 11.6. The molecular formula is C39H34ClF7N8O4S. The number of aryl methyl sites for hydroxylation is 1. The molecule has 2 fully saturated rings. The summed E-state index contributed by atoms with van der Waals surface area (Å²) in [7, 11) is -2.32. The highest BCUT2D eigenvalue weighted by Crippen LogP contribution is 2.64. The molecule has 60 heavy (non-hydrogen) atoms. The number of halogens is 8. The van der Waals surface area contributed by atoms with E-state index < -0.39 is 87.1 Å². The van der Waals surface area contributed by atoms with Gasteiger partial charge in [-0.15, -0.1) is 0 Å². The van der Waals surface area contributed by atoms with E-state index in [9.17, 15) is 35.2 Å². The number of hydrogen-bond donors (Lipinski definition) is 3. The molecule has 0 spiro atoms. The Morgan fingerprint density at radius 2 is 1.83 bits per heavy atom. The van der Waals surface area contributed by atoms with E-state index in [2.05, 4.69) is 37.4 Å². The number of rotatable bonds is 9. The number of carbonyl (C=O) groups excluding carboxylic acids is 1. The van der Waals surface area contributed by atoms with Crippen LogP contribution in [0.3, 0.4) is 0 Å². The summed E-state index contributed by atoms with van der Waals surface area (Å²) in [6.07, 6.45) is -4.93. The molecule has 8 rings (SSSR count). The number of ether oxygens (including phenoxy) is 1. The first-order valence-corrected chi connectivity index (χ1v) is 20.8. The largest absolute Gasteiger partial charge is 0.435 e. The Bertz CT molecular complexity index is 2700. The second-order valence-electron chi connectivity index (χ2n) is 14.9. The molecule has 4 heterocycles. The van der Waals surface area contributed by atoms with Gasteiger partial charge in [0.1, 0.15) is 35.7 Å². The molecule has 4 atom stereocenters. The molecule has 1 aliphatic heterocycles. The summed E-state index contributed by atoms with van der Waals surface area (Å²) in [4.78, 5) is 18.8. The molecule has 1 unspecified atom stereocenters. The summed E-state index contributed by atoms with van der Waals surface area (Å²) >= 11 is 6.60. The predicted octanol–water partition coefficient (Wildman–Crippen LogP) is 6.19. The molecule has 1 saturated heterocycles. The average Bonchev–Trinajstić information content (AvgIpc) is 3.71. The van der Waals surface area contributed by atoms with Crippen LogP contribution in [0.15, 0.2) is 42.5 Å². The minimum absolute atomic E-state index is 0.000383. The molecular weight excluding hydrogens is 845 g/mol. The second kappa shape index (κ2) is 15.3. The Kier molecular flexibility index (Phi) is 10.6. The second-order valence-corrected chi connectivity index (χ2v) is 17.1. The zero-order chi connectivity index (χ0) is 42.9. The van der Waals surface area contributed by atoms with Crippen molar-refractivity contribution in [3.63, 3.8) is 0 Å². The van der Waals surface area contributed by atoms with Crippen LogP contribution < -0.4 is 15.4 Å². The van der Waals surface area contributed by atoms with Gasteiger partial charge in [-0.25, -0.2) is 22.2 Å². The summed E-state index contributed by atoms with van der Waals surface area (Å²) in [5.41, 5.74) is -1.99. The van der Waals surface area contributed by atoms with Crippen LogP contribution >= 0.6 is 11.6 Å². The Morgan fingerprint density at radius 1 is 1.10 bits per heavy atom. The fraction of sp³-hybridized carbons (Fsp3) is 0.385. The molecule has 0 bridgehead atoms. The van der Waals surface area contributed by atoms with E-state index in [1.807, 2.05) is 0 Å². The molecule has 21 heteroatoms. The number of benzene rings is 2. The summed E-state index contributed by atoms with van der Waals surface area (Å²) in [5, 5.41) is 14.0. The lowest BCUT2D eigenvalue weighted by atomic mass is 9.73. The smallest absolute Gasteiger partial charge is 0.363 e. The van der Waals surface area contributed by atoms with Crippen molar-refractivity contribution < 1.29 is 48.7 Å². The van der Waals surface area contributed by atoms with E-state index in [1.165, 1.54) is 17.8 Å². The zero-order valence-electron chi connectivity index (χ0n) is 31.6. The first-order chi connectivity index (χ1) is 28.3. The molecule has 0 radical (unpaired) electrons. The number of fused-ring (bicyclic) bond motifs is 4. The van der Waals surface area contributed by atoms with Crippen LogP contribution in [-0.4, -0.2) is 70.9 Å². The van der Waals surface area contributed by atoms with Crippen LogP contribution in [0.1, 0.15) is 58.7 Å². The van der Waals surface area contributed by atoms with E-state index in [-0.39, 0.29) is 58.0 Å². The van der Waals surface area contributed by atoms with Gasteiger partial charge in [0.15, 0.2) is 11.5 Å². The van der Waals surface area contributed by atoms with Crippen LogP contribution in [0.2, 0.25) is 5.02 Å². The summed E-state index contributed by atoms with van der Waals surface area (Å²) in [6.45, 7) is 0.373. The maximum absolute atomic E-state index is 15.7. The number of nitrogens with zero attached hydrogens (tertiary/aromatic N) is 5. The zero-order valence-corrected chi connectivity index (χ0v) is 33.2. The average molecular weight is 879 g/mol. The van der Waals surface area contributed by atoms with Gasteiger partial charge in [-0.2, -0.15) is 32.1 Å². The highest BCUT2D eigenvalue weighted by molar-refractivity contribution is 7.92. The van der Waals surface area contributed by atoms with Crippen molar-refractivity contribution in [2.24, 2.45) is 13.0 Å². The summed E-state index contributed by atoms with van der Waals surface area (Å²) < 4.78 is 138. The number of anilines is 1. The number of aromatic nitrogens is 5. The monoisotopic (exact) mass is 878 g/mol. The third-order valence-electron chi connectivity index (χ3n) is 10.7. The maximum atomic E-state index is 15.7. The first-order valence-electron chi connectivity index (χ1n) is 18.6. The number of alkyl halides is 5. The molecule has 3 aromatic heterocycles. The van der Waals surface area contributed by atoms with Crippen molar-refractivity contribution >= 4 is 44.3 Å². The predicted molar refractivity (Wildman–Crippen MR) is 204 cm³/mol. The van der Waals surface area contributed by atoms with Crippen LogP contribution in [0.4, 0.5) is 36.6 Å². The van der Waals surface area contributed by atoms with Crippen molar-refractivity contribution in [2.45, 2.75) is 56.0 Å². The Morgan fingerprint density at radius 3 is 2.48 bits per heavy atom. The molecule has 3 aliphatic rings. The van der Waals surface area contributed by atoms with Gasteiger partial charge in [0, 0.05) is 48.8 Å². The summed E-state index contributed by atoms with van der Waals surface area (Å²) in [5.74, 6) is -3.28. The lowest BCUT2D eigenvalue weighted by Gasteiger charge is -2.34. The van der Waals surface area contributed by atoms with Crippen molar-refractivity contribution in [1.82, 2.24) is 35.2 Å². The molecule has 1 amide bonds. The quantitative estimate of drug-likeness (QED) is 0.118. The number of hydrogen-bond acceptors (Lipinski definition) is 8. The highest BCUT2D eigenvalue weighted by atomic mass is 35.5. The van der Waals surface area contributed by atoms with Gasteiger partial charge in [-0.1, -0.05) is 23.6 Å². The fourth-order valence-corrected chi connectivity index (χ4v) is 8.94. The van der Waals surface area contributed by atoms with E-state index in [1.54, 1.807) is 18.2 Å². The van der Waals surface area contributed by atoms with Gasteiger partial charge >= 0.3 is 6.18 Å². The maximum Gasteiger partial charge on any atom is 0.435 e. The molecule has 3 N–H and O–H groups in total. The van der Waals surface area contributed by atoms with E-state index in [0.29, 0.717) is 41.5 Å². The Hall–Kier alpha value is -5.23. The minimum Gasteiger partial charge on any atom is -0.363 e. The third kappa shape index (κ3) is 7.90. The number of amides is 1. The SMILES string of the molecule is Cn1nc(NS(C)(=O)=O)c2c(Cl)ccc(-c3ccc(C#CC4CNCCO4)nc3[C@H](Cc3cc(F)cc(F)c3)NC(=O)Cn3nc(C(F)(F)F)c4c3C(F)(F)[C@@H]3CC[C@H]43)c21. The van der Waals surface area contributed by atoms with Crippen LogP contribution in [0.5, 0.6) is 0 Å². The first kappa shape index (κ1) is 41.5. The van der Waals surface area contributed by atoms with Gasteiger partial charge in [0.05, 0.1) is 40.5 Å². The molecule has 2 aromatic carbocycles. The minimum atomic E-state index is -5.08. The van der Waals surface area contributed by atoms with Crippen LogP contribution in [0, 0.1) is 29.4 Å². The number of carbonyl (C=O) groups is 1. The van der Waals surface area contributed by atoms with Gasteiger partial charge in [0.2, 0.25) is 15.9 Å². The van der Waals surface area contributed by atoms with Crippen molar-refractivity contribution in [3.05, 3.63) is 93.0 Å². The lowest BCUT2D eigenvalue weighted by Crippen LogP contribution is -2.37. The van der Waals surface area contributed by atoms with Gasteiger partial charge in [-0.3, -0.25) is 18.9 Å². The summed E-state index contributed by atoms with van der Waals surface area (Å²) in [6, 6.07) is 7.48. The van der Waals surface area contributed by atoms with Crippen molar-refractivity contribution in [2.75, 3.05) is 30.7 Å². The van der Waals surface area contributed by atoms with E-state index in [4.69, 9.17) is 21.3 Å². The number of pyridine rings is 1. The molecule has 1 saturated carbocycles. The normalized spacial score (nSPS) is 20.1. The van der Waals surface area contributed by atoms with Crippen LogP contribution in [-0.2, 0) is 51.7 Å². The molecule has 2 aliphatic carbocycles.